The third kappa shape index (κ3) is 4.74. The molecule has 0 saturated carbocycles. The summed E-state index contributed by atoms with van der Waals surface area (Å²) in [5.41, 5.74) is -0.446. The second kappa shape index (κ2) is 6.47. The molecule has 1 amide bonds. The second-order valence-electron chi connectivity index (χ2n) is 6.61. The summed E-state index contributed by atoms with van der Waals surface area (Å²) in [6.45, 7) is 9.67. The smallest absolute Gasteiger partial charge is 0.407 e. The van der Waals surface area contributed by atoms with Crippen LogP contribution < -0.4 is 5.32 Å². The number of ether oxygens (including phenoxy) is 1. The summed E-state index contributed by atoms with van der Waals surface area (Å²) in [7, 11) is 0. The number of rotatable bonds is 3. The van der Waals surface area contributed by atoms with Gasteiger partial charge in [0.2, 0.25) is 0 Å². The zero-order chi connectivity index (χ0) is 15.5. The molecule has 0 aromatic carbocycles. The van der Waals surface area contributed by atoms with Crippen molar-refractivity contribution in [2.45, 2.75) is 58.2 Å². The van der Waals surface area contributed by atoms with Crippen LogP contribution in [0, 0.1) is 0 Å². The Bertz CT molecular complexity index is 445. The van der Waals surface area contributed by atoms with Crippen LogP contribution in [0.5, 0.6) is 0 Å². The number of aromatic amines is 1. The third-order valence-corrected chi connectivity index (χ3v) is 3.71. The largest absolute Gasteiger partial charge is 0.444 e. The van der Waals surface area contributed by atoms with Gasteiger partial charge in [0.05, 0.1) is 6.04 Å². The van der Waals surface area contributed by atoms with E-state index in [4.69, 9.17) is 4.74 Å². The Morgan fingerprint density at radius 3 is 2.67 bits per heavy atom. The van der Waals surface area contributed by atoms with Crippen LogP contribution in [-0.2, 0) is 4.74 Å². The van der Waals surface area contributed by atoms with Crippen molar-refractivity contribution in [2.75, 3.05) is 13.1 Å². The molecule has 2 rings (SSSR count). The monoisotopic (exact) mass is 294 g/mol. The predicted octanol–water partition coefficient (Wildman–Crippen LogP) is 2.46. The Kier molecular flexibility index (Phi) is 4.88. The van der Waals surface area contributed by atoms with E-state index in [1.807, 2.05) is 27.0 Å². The maximum atomic E-state index is 11.8. The van der Waals surface area contributed by atoms with Crippen molar-refractivity contribution >= 4 is 6.09 Å². The normalized spacial score (nSPS) is 19.2. The molecular weight excluding hydrogens is 268 g/mol. The van der Waals surface area contributed by atoms with Crippen molar-refractivity contribution < 1.29 is 9.53 Å². The number of imidazole rings is 1. The van der Waals surface area contributed by atoms with Gasteiger partial charge >= 0.3 is 6.09 Å². The molecule has 118 valence electrons. The Hall–Kier alpha value is -1.56. The van der Waals surface area contributed by atoms with Crippen LogP contribution in [0.2, 0.25) is 0 Å². The van der Waals surface area contributed by atoms with Crippen LogP contribution in [0.1, 0.15) is 52.4 Å². The number of aromatic nitrogens is 2. The van der Waals surface area contributed by atoms with Gasteiger partial charge in [0.25, 0.3) is 0 Å². The number of alkyl carbamates (subject to hydrolysis) is 1. The number of carbonyl (C=O) groups excluding carboxylic acids is 1. The van der Waals surface area contributed by atoms with Crippen molar-refractivity contribution in [2.24, 2.45) is 0 Å². The minimum Gasteiger partial charge on any atom is -0.444 e. The van der Waals surface area contributed by atoms with Crippen molar-refractivity contribution in [3.8, 4) is 0 Å². The van der Waals surface area contributed by atoms with Gasteiger partial charge in [-0.2, -0.15) is 0 Å². The van der Waals surface area contributed by atoms with E-state index in [0.29, 0.717) is 0 Å². The first kappa shape index (κ1) is 15.8. The SMILES string of the molecule is CC(c1ncc[nH]1)N1CCC(NC(=O)OC(C)(C)C)CC1. The molecule has 1 unspecified atom stereocenters. The fourth-order valence-corrected chi connectivity index (χ4v) is 2.58. The Labute approximate surface area is 126 Å². The quantitative estimate of drug-likeness (QED) is 0.898. The first-order valence-electron chi connectivity index (χ1n) is 7.58. The highest BCUT2D eigenvalue weighted by Crippen LogP contribution is 2.21. The molecule has 1 aliphatic rings. The van der Waals surface area contributed by atoms with Gasteiger partial charge in [0.15, 0.2) is 0 Å². The number of amides is 1. The van der Waals surface area contributed by atoms with E-state index in [0.717, 1.165) is 31.8 Å². The topological polar surface area (TPSA) is 70.2 Å². The van der Waals surface area contributed by atoms with Gasteiger partial charge in [-0.15, -0.1) is 0 Å². The highest BCUT2D eigenvalue weighted by molar-refractivity contribution is 5.68. The van der Waals surface area contributed by atoms with Gasteiger partial charge in [-0.3, -0.25) is 4.90 Å². The molecule has 0 spiro atoms. The first-order chi connectivity index (χ1) is 9.85. The lowest BCUT2D eigenvalue weighted by molar-refractivity contribution is 0.0469. The van der Waals surface area contributed by atoms with Crippen LogP contribution >= 0.6 is 0 Å². The first-order valence-corrected chi connectivity index (χ1v) is 7.58. The number of H-pyrrole nitrogens is 1. The number of nitrogens with zero attached hydrogens (tertiary/aromatic N) is 2. The van der Waals surface area contributed by atoms with Gasteiger partial charge < -0.3 is 15.0 Å². The van der Waals surface area contributed by atoms with E-state index in [1.165, 1.54) is 0 Å². The van der Waals surface area contributed by atoms with Crippen molar-refractivity contribution in [3.63, 3.8) is 0 Å². The van der Waals surface area contributed by atoms with Gasteiger partial charge in [0, 0.05) is 31.5 Å². The molecule has 6 nitrogen and oxygen atoms in total. The molecular formula is C15H26N4O2. The average Bonchev–Trinajstić information content (AvgIpc) is 2.90. The summed E-state index contributed by atoms with van der Waals surface area (Å²) < 4.78 is 5.29. The fourth-order valence-electron chi connectivity index (χ4n) is 2.58. The molecule has 2 heterocycles. The highest BCUT2D eigenvalue weighted by atomic mass is 16.6. The Balaban J connectivity index is 1.77. The minimum absolute atomic E-state index is 0.194. The Morgan fingerprint density at radius 1 is 1.48 bits per heavy atom. The number of likely N-dealkylation sites (tertiary alicyclic amines) is 1. The fraction of sp³-hybridized carbons (Fsp3) is 0.733. The number of carbonyl (C=O) groups is 1. The van der Waals surface area contributed by atoms with Crippen LogP contribution in [-0.4, -0.2) is 45.7 Å². The van der Waals surface area contributed by atoms with E-state index < -0.39 is 5.60 Å². The lowest BCUT2D eigenvalue weighted by atomic mass is 10.0. The van der Waals surface area contributed by atoms with Gasteiger partial charge in [0.1, 0.15) is 11.4 Å². The molecule has 0 aliphatic carbocycles. The zero-order valence-electron chi connectivity index (χ0n) is 13.3. The summed E-state index contributed by atoms with van der Waals surface area (Å²) in [5.74, 6) is 0.994. The number of piperidine rings is 1. The van der Waals surface area contributed by atoms with E-state index in [-0.39, 0.29) is 18.2 Å². The number of hydrogen-bond donors (Lipinski definition) is 2. The van der Waals surface area contributed by atoms with Crippen molar-refractivity contribution in [1.82, 2.24) is 20.2 Å². The molecule has 1 fully saturated rings. The van der Waals surface area contributed by atoms with E-state index in [1.54, 1.807) is 6.20 Å². The van der Waals surface area contributed by atoms with Gasteiger partial charge in [-0.25, -0.2) is 9.78 Å². The average molecular weight is 294 g/mol. The van der Waals surface area contributed by atoms with Crippen molar-refractivity contribution in [1.29, 1.82) is 0 Å². The van der Waals surface area contributed by atoms with Crippen LogP contribution in [0.3, 0.4) is 0 Å². The van der Waals surface area contributed by atoms with Crippen LogP contribution in [0.4, 0.5) is 4.79 Å². The van der Waals surface area contributed by atoms with Crippen LogP contribution in [0.15, 0.2) is 12.4 Å². The molecule has 21 heavy (non-hydrogen) atoms. The lowest BCUT2D eigenvalue weighted by Gasteiger charge is -2.35. The van der Waals surface area contributed by atoms with Gasteiger partial charge in [-0.05, 0) is 40.5 Å². The summed E-state index contributed by atoms with van der Waals surface area (Å²) in [6.07, 6.45) is 5.18. The number of nitrogens with one attached hydrogen (secondary N) is 2. The summed E-state index contributed by atoms with van der Waals surface area (Å²) in [5, 5.41) is 2.96. The number of hydrogen-bond acceptors (Lipinski definition) is 4. The van der Waals surface area contributed by atoms with E-state index >= 15 is 0 Å². The molecule has 1 atom stereocenters. The van der Waals surface area contributed by atoms with Crippen LogP contribution in [0.25, 0.3) is 0 Å². The standard InChI is InChI=1S/C15H26N4O2/c1-11(13-16-7-8-17-13)19-9-5-12(6-10-19)18-14(20)21-15(2,3)4/h7-8,11-12H,5-6,9-10H2,1-4H3,(H,16,17)(H,18,20). The molecule has 1 saturated heterocycles. The molecule has 1 aromatic heterocycles. The molecule has 6 heteroatoms. The summed E-state index contributed by atoms with van der Waals surface area (Å²) in [4.78, 5) is 21.6. The summed E-state index contributed by atoms with van der Waals surface area (Å²) in [6, 6.07) is 0.474. The van der Waals surface area contributed by atoms with E-state index in [9.17, 15) is 4.79 Å². The van der Waals surface area contributed by atoms with Gasteiger partial charge in [-0.1, -0.05) is 0 Å². The molecule has 0 bridgehead atoms. The molecule has 1 aromatic rings. The Morgan fingerprint density at radius 2 is 2.14 bits per heavy atom. The maximum absolute atomic E-state index is 11.8. The molecule has 1 aliphatic heterocycles. The minimum atomic E-state index is -0.446. The predicted molar refractivity (Wildman–Crippen MR) is 81.0 cm³/mol. The summed E-state index contributed by atoms with van der Waals surface area (Å²) >= 11 is 0. The van der Waals surface area contributed by atoms with E-state index in [2.05, 4.69) is 27.1 Å². The zero-order valence-corrected chi connectivity index (χ0v) is 13.3. The third-order valence-electron chi connectivity index (χ3n) is 3.71. The molecule has 0 radical (unpaired) electrons. The van der Waals surface area contributed by atoms with Crippen molar-refractivity contribution in [3.05, 3.63) is 18.2 Å². The second-order valence-corrected chi connectivity index (χ2v) is 6.61. The molecule has 2 N–H and O–H groups in total. The highest BCUT2D eigenvalue weighted by Gasteiger charge is 2.26. The maximum Gasteiger partial charge on any atom is 0.407 e. The lowest BCUT2D eigenvalue weighted by Crippen LogP contribution is -2.46.